The topological polar surface area (TPSA) is 38.8 Å². The van der Waals surface area contributed by atoms with Crippen molar-refractivity contribution < 1.29 is 14.3 Å². The van der Waals surface area contributed by atoms with Gasteiger partial charge >= 0.3 is 0 Å². The fraction of sp³-hybridized carbons (Fsp3) is 0.450. The molecule has 2 aromatic rings. The van der Waals surface area contributed by atoms with Crippen LogP contribution in [0.1, 0.15) is 41.9 Å². The highest BCUT2D eigenvalue weighted by Crippen LogP contribution is 2.23. The van der Waals surface area contributed by atoms with E-state index < -0.39 is 0 Å². The summed E-state index contributed by atoms with van der Waals surface area (Å²) in [4.78, 5) is 16.4. The summed E-state index contributed by atoms with van der Waals surface area (Å²) in [5, 5.41) is 2.06. The summed E-state index contributed by atoms with van der Waals surface area (Å²) < 4.78 is 11.1. The average molecular weight is 359 g/mol. The molecule has 0 radical (unpaired) electrons. The van der Waals surface area contributed by atoms with Crippen molar-refractivity contribution in [2.24, 2.45) is 0 Å². The lowest BCUT2D eigenvalue weighted by atomic mass is 10.0. The van der Waals surface area contributed by atoms with Gasteiger partial charge in [-0.2, -0.15) is 0 Å². The molecular weight excluding hydrogens is 334 g/mol. The van der Waals surface area contributed by atoms with E-state index >= 15 is 0 Å². The van der Waals surface area contributed by atoms with E-state index in [-0.39, 0.29) is 18.1 Å². The number of hydrogen-bond donors (Lipinski definition) is 0. The summed E-state index contributed by atoms with van der Waals surface area (Å²) in [6.07, 6.45) is 1.91. The molecule has 5 heteroatoms. The van der Waals surface area contributed by atoms with E-state index in [0.29, 0.717) is 12.1 Å². The molecule has 0 N–H and O–H groups in total. The predicted octanol–water partition coefficient (Wildman–Crippen LogP) is 4.36. The van der Waals surface area contributed by atoms with Gasteiger partial charge < -0.3 is 14.4 Å². The van der Waals surface area contributed by atoms with Crippen molar-refractivity contribution in [3.63, 3.8) is 0 Å². The van der Waals surface area contributed by atoms with Gasteiger partial charge in [0.15, 0.2) is 0 Å². The van der Waals surface area contributed by atoms with Gasteiger partial charge in [-0.1, -0.05) is 6.07 Å². The van der Waals surface area contributed by atoms with Gasteiger partial charge in [-0.15, -0.1) is 11.3 Å². The van der Waals surface area contributed by atoms with Crippen LogP contribution in [-0.2, 0) is 11.3 Å². The van der Waals surface area contributed by atoms with E-state index in [1.165, 1.54) is 4.88 Å². The van der Waals surface area contributed by atoms with Crippen molar-refractivity contribution in [2.45, 2.75) is 45.4 Å². The van der Waals surface area contributed by atoms with Crippen LogP contribution in [0.25, 0.3) is 0 Å². The zero-order valence-corrected chi connectivity index (χ0v) is 15.6. The fourth-order valence-corrected chi connectivity index (χ4v) is 3.75. The molecule has 1 fully saturated rings. The Kier molecular flexibility index (Phi) is 6.10. The molecule has 1 saturated heterocycles. The summed E-state index contributed by atoms with van der Waals surface area (Å²) in [6, 6.07) is 11.8. The van der Waals surface area contributed by atoms with E-state index in [1.54, 1.807) is 11.3 Å². The second kappa shape index (κ2) is 8.50. The lowest BCUT2D eigenvalue weighted by Crippen LogP contribution is -2.42. The molecule has 0 bridgehead atoms. The van der Waals surface area contributed by atoms with Gasteiger partial charge in [0.1, 0.15) is 5.75 Å². The van der Waals surface area contributed by atoms with Gasteiger partial charge in [-0.05, 0) is 62.4 Å². The molecule has 0 atom stereocenters. The summed E-state index contributed by atoms with van der Waals surface area (Å²) in [6.45, 7) is 6.09. The maximum Gasteiger partial charge on any atom is 0.254 e. The zero-order chi connectivity index (χ0) is 17.6. The van der Waals surface area contributed by atoms with Gasteiger partial charge in [-0.25, -0.2) is 0 Å². The number of benzene rings is 1. The minimum Gasteiger partial charge on any atom is -0.491 e. The third kappa shape index (κ3) is 4.83. The smallest absolute Gasteiger partial charge is 0.254 e. The van der Waals surface area contributed by atoms with E-state index in [1.807, 2.05) is 49.1 Å². The largest absolute Gasteiger partial charge is 0.491 e. The summed E-state index contributed by atoms with van der Waals surface area (Å²) in [5.74, 6) is 0.874. The summed E-state index contributed by atoms with van der Waals surface area (Å²) >= 11 is 1.69. The lowest BCUT2D eigenvalue weighted by Gasteiger charge is -2.34. The van der Waals surface area contributed by atoms with Crippen molar-refractivity contribution in [1.82, 2.24) is 4.90 Å². The minimum atomic E-state index is 0.0800. The Morgan fingerprint density at radius 1 is 1.24 bits per heavy atom. The number of nitrogens with zero attached hydrogens (tertiary/aromatic N) is 1. The minimum absolute atomic E-state index is 0.0800. The predicted molar refractivity (Wildman–Crippen MR) is 100 cm³/mol. The maximum absolute atomic E-state index is 13.2. The van der Waals surface area contributed by atoms with Gasteiger partial charge in [0.05, 0.1) is 12.6 Å². The fourth-order valence-electron chi connectivity index (χ4n) is 3.05. The first kappa shape index (κ1) is 18.0. The highest BCUT2D eigenvalue weighted by Gasteiger charge is 2.27. The maximum atomic E-state index is 13.2. The average Bonchev–Trinajstić information content (AvgIpc) is 3.13. The third-order valence-corrected chi connectivity index (χ3v) is 5.13. The highest BCUT2D eigenvalue weighted by molar-refractivity contribution is 7.09. The molecule has 0 unspecified atom stereocenters. The van der Waals surface area contributed by atoms with E-state index in [4.69, 9.17) is 9.47 Å². The number of amides is 1. The van der Waals surface area contributed by atoms with Crippen LogP contribution in [0.3, 0.4) is 0 Å². The second-order valence-electron chi connectivity index (χ2n) is 6.55. The zero-order valence-electron chi connectivity index (χ0n) is 14.8. The van der Waals surface area contributed by atoms with E-state index in [0.717, 1.165) is 31.8 Å². The molecule has 2 heterocycles. The van der Waals surface area contributed by atoms with Gasteiger partial charge in [0.2, 0.25) is 0 Å². The van der Waals surface area contributed by atoms with Crippen molar-refractivity contribution >= 4 is 17.2 Å². The molecule has 0 aliphatic carbocycles. The van der Waals surface area contributed by atoms with Crippen LogP contribution in [0.15, 0.2) is 41.8 Å². The van der Waals surface area contributed by atoms with Crippen LogP contribution in [0, 0.1) is 0 Å². The Morgan fingerprint density at radius 3 is 2.56 bits per heavy atom. The monoisotopic (exact) mass is 359 g/mol. The number of rotatable bonds is 6. The summed E-state index contributed by atoms with van der Waals surface area (Å²) in [7, 11) is 0. The Labute approximate surface area is 153 Å². The van der Waals surface area contributed by atoms with Crippen LogP contribution < -0.4 is 4.74 Å². The summed E-state index contributed by atoms with van der Waals surface area (Å²) in [5.41, 5.74) is 0.708. The Morgan fingerprint density at radius 2 is 1.96 bits per heavy atom. The van der Waals surface area contributed by atoms with Crippen LogP contribution in [0.5, 0.6) is 5.75 Å². The molecule has 1 aromatic carbocycles. The Balaban J connectivity index is 1.77. The van der Waals surface area contributed by atoms with E-state index in [2.05, 4.69) is 11.4 Å². The van der Waals surface area contributed by atoms with Crippen LogP contribution in [-0.4, -0.2) is 36.2 Å². The third-order valence-electron chi connectivity index (χ3n) is 4.27. The normalized spacial score (nSPS) is 15.3. The molecule has 1 amide bonds. The number of hydrogen-bond acceptors (Lipinski definition) is 4. The van der Waals surface area contributed by atoms with Crippen molar-refractivity contribution in [3.05, 3.63) is 52.2 Å². The molecule has 25 heavy (non-hydrogen) atoms. The van der Waals surface area contributed by atoms with Crippen LogP contribution in [0.4, 0.5) is 0 Å². The second-order valence-corrected chi connectivity index (χ2v) is 7.58. The van der Waals surface area contributed by atoms with Gasteiger partial charge in [0.25, 0.3) is 5.91 Å². The molecule has 0 spiro atoms. The molecule has 3 rings (SSSR count). The lowest BCUT2D eigenvalue weighted by molar-refractivity contribution is 0.0270. The van der Waals surface area contributed by atoms with Crippen molar-refractivity contribution in [1.29, 1.82) is 0 Å². The number of ether oxygens (including phenoxy) is 2. The van der Waals surface area contributed by atoms with Crippen LogP contribution >= 0.6 is 11.3 Å². The molecule has 1 aliphatic heterocycles. The molecule has 0 saturated carbocycles. The Bertz CT molecular complexity index is 661. The standard InChI is InChI=1S/C20H25NO3S/c1-15(2)24-18-7-5-16(6-8-18)20(22)21(14-19-4-3-13-25-19)17-9-11-23-12-10-17/h3-8,13,15,17H,9-12,14H2,1-2H3. The molecule has 1 aliphatic rings. The molecule has 4 nitrogen and oxygen atoms in total. The van der Waals surface area contributed by atoms with Gasteiger partial charge in [0, 0.05) is 29.7 Å². The SMILES string of the molecule is CC(C)Oc1ccc(C(=O)N(Cc2cccs2)C2CCOCC2)cc1. The van der Waals surface area contributed by atoms with Crippen molar-refractivity contribution in [2.75, 3.05) is 13.2 Å². The van der Waals surface area contributed by atoms with Crippen LogP contribution in [0.2, 0.25) is 0 Å². The first-order chi connectivity index (χ1) is 12.1. The number of carbonyl (C=O) groups excluding carboxylic acids is 1. The molecule has 134 valence electrons. The first-order valence-electron chi connectivity index (χ1n) is 8.81. The number of carbonyl (C=O) groups is 1. The highest BCUT2D eigenvalue weighted by atomic mass is 32.1. The van der Waals surface area contributed by atoms with Crippen molar-refractivity contribution in [3.8, 4) is 5.75 Å². The van der Waals surface area contributed by atoms with E-state index in [9.17, 15) is 4.79 Å². The quantitative estimate of drug-likeness (QED) is 0.769. The molecular formula is C20H25NO3S. The first-order valence-corrected chi connectivity index (χ1v) is 9.69. The number of thiophene rings is 1. The van der Waals surface area contributed by atoms with Gasteiger partial charge in [-0.3, -0.25) is 4.79 Å². The molecule has 1 aromatic heterocycles. The Hall–Kier alpha value is -1.85.